The van der Waals surface area contributed by atoms with Crippen LogP contribution in [0.3, 0.4) is 0 Å². The number of thioether (sulfide) groups is 1. The van der Waals surface area contributed by atoms with E-state index in [4.69, 9.17) is 23.2 Å². The summed E-state index contributed by atoms with van der Waals surface area (Å²) in [4.78, 5) is 3.38. The van der Waals surface area contributed by atoms with E-state index in [0.717, 1.165) is 26.6 Å². The zero-order valence-electron chi connectivity index (χ0n) is 13.3. The summed E-state index contributed by atoms with van der Waals surface area (Å²) in [5.74, 6) is 0. The molecule has 1 aromatic heterocycles. The summed E-state index contributed by atoms with van der Waals surface area (Å²) in [6, 6.07) is 16.2. The minimum absolute atomic E-state index is 0.756. The van der Waals surface area contributed by atoms with Gasteiger partial charge in [0.25, 0.3) is 0 Å². The molecule has 1 aliphatic rings. The lowest BCUT2D eigenvalue weighted by atomic mass is 10.2. The average molecular weight is 374 g/mol. The largest absolute Gasteiger partial charge is 0.338 e. The Labute approximate surface area is 155 Å². The van der Waals surface area contributed by atoms with Crippen LogP contribution in [0.2, 0.25) is 10.0 Å². The number of halogens is 2. The van der Waals surface area contributed by atoms with E-state index in [9.17, 15) is 0 Å². The number of fused-ring (bicyclic) bond motifs is 2. The van der Waals surface area contributed by atoms with Crippen molar-refractivity contribution in [3.8, 4) is 0 Å². The Bertz CT molecular complexity index is 998. The van der Waals surface area contributed by atoms with Crippen LogP contribution in [0.4, 0.5) is 5.69 Å². The van der Waals surface area contributed by atoms with Crippen LogP contribution < -0.4 is 9.47 Å². The molecule has 2 heterocycles. The molecule has 2 nitrogen and oxygen atoms in total. The van der Waals surface area contributed by atoms with E-state index in [-0.39, 0.29) is 0 Å². The number of hydrogen-bond donors (Lipinski definition) is 0. The van der Waals surface area contributed by atoms with E-state index in [1.54, 1.807) is 11.8 Å². The first-order valence-corrected chi connectivity index (χ1v) is 9.11. The highest BCUT2D eigenvalue weighted by molar-refractivity contribution is 8.03. The molecule has 0 unspecified atom stereocenters. The van der Waals surface area contributed by atoms with Crippen molar-refractivity contribution in [3.05, 3.63) is 69.3 Å². The van der Waals surface area contributed by atoms with Gasteiger partial charge in [0.15, 0.2) is 0 Å². The standard InChI is InChI=1S/C19H15Cl2N2S/c1-22-15(6-3-12-9-13(20)4-7-16(12)22)11-19-23(2)17-8-5-14(21)10-18(17)24-19/h3-11H,1-2H3/q+1. The zero-order valence-corrected chi connectivity index (χ0v) is 15.6. The molecule has 2 aromatic carbocycles. The Kier molecular flexibility index (Phi) is 3.95. The summed E-state index contributed by atoms with van der Waals surface area (Å²) in [5, 5.41) is 3.84. The zero-order chi connectivity index (χ0) is 16.8. The van der Waals surface area contributed by atoms with Gasteiger partial charge in [-0.25, -0.2) is 0 Å². The molecule has 3 aromatic rings. The van der Waals surface area contributed by atoms with Gasteiger partial charge in [-0.1, -0.05) is 35.0 Å². The molecule has 0 aliphatic carbocycles. The Hall–Kier alpha value is -1.68. The predicted octanol–water partition coefficient (Wildman–Crippen LogP) is 5.51. The quantitative estimate of drug-likeness (QED) is 0.519. The van der Waals surface area contributed by atoms with Crippen LogP contribution in [0.1, 0.15) is 5.69 Å². The van der Waals surface area contributed by atoms with Gasteiger partial charge >= 0.3 is 0 Å². The van der Waals surface area contributed by atoms with Crippen molar-refractivity contribution in [2.45, 2.75) is 4.90 Å². The van der Waals surface area contributed by atoms with Gasteiger partial charge in [-0.2, -0.15) is 4.57 Å². The second kappa shape index (κ2) is 5.99. The molecule has 0 spiro atoms. The smallest absolute Gasteiger partial charge is 0.212 e. The van der Waals surface area contributed by atoms with Crippen LogP contribution in [0.15, 0.2) is 58.5 Å². The summed E-state index contributed by atoms with van der Waals surface area (Å²) >= 11 is 13.9. The predicted molar refractivity (Wildman–Crippen MR) is 104 cm³/mol. The van der Waals surface area contributed by atoms with Crippen molar-refractivity contribution in [3.63, 3.8) is 0 Å². The molecule has 24 heavy (non-hydrogen) atoms. The number of benzene rings is 2. The van der Waals surface area contributed by atoms with Crippen LogP contribution in [-0.4, -0.2) is 7.05 Å². The molecule has 4 rings (SSSR count). The van der Waals surface area contributed by atoms with Crippen molar-refractivity contribution in [1.29, 1.82) is 0 Å². The summed E-state index contributed by atoms with van der Waals surface area (Å²) < 4.78 is 2.18. The molecule has 0 atom stereocenters. The lowest BCUT2D eigenvalue weighted by molar-refractivity contribution is -0.646. The number of anilines is 1. The van der Waals surface area contributed by atoms with Crippen molar-refractivity contribution in [2.75, 3.05) is 11.9 Å². The van der Waals surface area contributed by atoms with Crippen molar-refractivity contribution >= 4 is 57.6 Å². The molecule has 0 saturated heterocycles. The highest BCUT2D eigenvalue weighted by atomic mass is 35.5. The fraction of sp³-hybridized carbons (Fsp3) is 0.105. The molecule has 0 fully saturated rings. The molecule has 1 aliphatic heterocycles. The van der Waals surface area contributed by atoms with Crippen molar-refractivity contribution in [1.82, 2.24) is 0 Å². The topological polar surface area (TPSA) is 7.12 Å². The molecule has 0 N–H and O–H groups in total. The summed E-state index contributed by atoms with van der Waals surface area (Å²) in [6.45, 7) is 0. The van der Waals surface area contributed by atoms with E-state index >= 15 is 0 Å². The minimum atomic E-state index is 0.756. The van der Waals surface area contributed by atoms with Crippen LogP contribution >= 0.6 is 35.0 Å². The van der Waals surface area contributed by atoms with Crippen LogP contribution in [0.25, 0.3) is 17.0 Å². The van der Waals surface area contributed by atoms with Gasteiger partial charge in [0.1, 0.15) is 7.05 Å². The van der Waals surface area contributed by atoms with Crippen LogP contribution in [0.5, 0.6) is 0 Å². The van der Waals surface area contributed by atoms with E-state index in [1.807, 2.05) is 24.3 Å². The lowest BCUT2D eigenvalue weighted by Gasteiger charge is -2.13. The molecule has 0 saturated carbocycles. The normalized spacial score (nSPS) is 15.3. The fourth-order valence-corrected chi connectivity index (χ4v) is 4.49. The van der Waals surface area contributed by atoms with Crippen molar-refractivity contribution in [2.24, 2.45) is 7.05 Å². The minimum Gasteiger partial charge on any atom is -0.338 e. The van der Waals surface area contributed by atoms with Gasteiger partial charge in [0.2, 0.25) is 11.2 Å². The van der Waals surface area contributed by atoms with E-state index in [2.05, 4.69) is 53.9 Å². The third-order valence-corrected chi connectivity index (χ3v) is 5.89. The molecule has 0 bridgehead atoms. The Morgan fingerprint density at radius 2 is 1.75 bits per heavy atom. The maximum atomic E-state index is 6.12. The monoisotopic (exact) mass is 373 g/mol. The number of rotatable bonds is 1. The summed E-state index contributed by atoms with van der Waals surface area (Å²) in [7, 11) is 4.16. The van der Waals surface area contributed by atoms with Crippen LogP contribution in [0, 0.1) is 0 Å². The maximum absolute atomic E-state index is 6.12. The molecule has 0 radical (unpaired) electrons. The number of hydrogen-bond acceptors (Lipinski definition) is 2. The molecular formula is C19H15Cl2N2S+. The SMILES string of the molecule is CN1/C(=C/c2ccc3cc(Cl)ccc3[n+]2C)Sc2cc(Cl)ccc21. The first kappa shape index (κ1) is 15.8. The second-order valence-corrected chi connectivity index (χ2v) is 7.71. The Morgan fingerprint density at radius 3 is 2.58 bits per heavy atom. The number of aryl methyl sites for hydroxylation is 1. The Balaban J connectivity index is 1.78. The van der Waals surface area contributed by atoms with Gasteiger partial charge in [-0.3, -0.25) is 0 Å². The van der Waals surface area contributed by atoms with Gasteiger partial charge in [-0.15, -0.1) is 0 Å². The van der Waals surface area contributed by atoms with Crippen molar-refractivity contribution < 1.29 is 4.57 Å². The summed E-state index contributed by atoms with van der Waals surface area (Å²) in [5.41, 5.74) is 3.48. The first-order valence-electron chi connectivity index (χ1n) is 7.54. The molecular weight excluding hydrogens is 359 g/mol. The van der Waals surface area contributed by atoms with Gasteiger partial charge in [0, 0.05) is 45.6 Å². The number of nitrogens with zero attached hydrogens (tertiary/aromatic N) is 2. The number of pyridine rings is 1. The van der Waals surface area contributed by atoms with E-state index in [0.29, 0.717) is 0 Å². The average Bonchev–Trinajstić information content (AvgIpc) is 2.85. The third kappa shape index (κ3) is 2.67. The summed E-state index contributed by atoms with van der Waals surface area (Å²) in [6.07, 6.45) is 2.20. The number of aromatic nitrogens is 1. The second-order valence-electron chi connectivity index (χ2n) is 5.78. The highest BCUT2D eigenvalue weighted by Crippen LogP contribution is 2.46. The highest BCUT2D eigenvalue weighted by Gasteiger charge is 2.23. The molecule has 120 valence electrons. The lowest BCUT2D eigenvalue weighted by Crippen LogP contribution is -2.33. The Morgan fingerprint density at radius 1 is 1.00 bits per heavy atom. The maximum Gasteiger partial charge on any atom is 0.212 e. The molecule has 0 amide bonds. The van der Waals surface area contributed by atoms with Gasteiger partial charge in [0.05, 0.1) is 10.7 Å². The van der Waals surface area contributed by atoms with Gasteiger partial charge in [-0.05, 0) is 36.4 Å². The van der Waals surface area contributed by atoms with Gasteiger partial charge < -0.3 is 4.90 Å². The fourth-order valence-electron chi connectivity index (χ4n) is 2.93. The molecule has 5 heteroatoms. The van der Waals surface area contributed by atoms with E-state index < -0.39 is 0 Å². The first-order chi connectivity index (χ1) is 11.5. The van der Waals surface area contributed by atoms with E-state index in [1.165, 1.54) is 15.6 Å². The van der Waals surface area contributed by atoms with Crippen LogP contribution in [-0.2, 0) is 7.05 Å². The third-order valence-electron chi connectivity index (χ3n) is 4.27.